The molecule has 0 radical (unpaired) electrons. The highest BCUT2D eigenvalue weighted by atomic mass is 16.5. The van der Waals surface area contributed by atoms with E-state index in [1.54, 1.807) is 23.1 Å². The van der Waals surface area contributed by atoms with Crippen molar-refractivity contribution in [2.24, 2.45) is 0 Å². The molecule has 1 saturated heterocycles. The third kappa shape index (κ3) is 2.80. The first kappa shape index (κ1) is 13.6. The fourth-order valence-corrected chi connectivity index (χ4v) is 2.11. The van der Waals surface area contributed by atoms with Gasteiger partial charge in [-0.15, -0.1) is 0 Å². The largest absolute Gasteiger partial charge is 0.495 e. The first-order valence-electron chi connectivity index (χ1n) is 6.10. The normalized spacial score (nSPS) is 19.3. The van der Waals surface area contributed by atoms with E-state index in [0.29, 0.717) is 36.8 Å². The second kappa shape index (κ2) is 5.90. The van der Waals surface area contributed by atoms with Crippen LogP contribution in [-0.2, 0) is 4.74 Å². The summed E-state index contributed by atoms with van der Waals surface area (Å²) in [6, 6.07) is 4.62. The van der Waals surface area contributed by atoms with E-state index < -0.39 is 0 Å². The van der Waals surface area contributed by atoms with Gasteiger partial charge in [0.15, 0.2) is 0 Å². The second-order valence-corrected chi connectivity index (χ2v) is 4.37. The molecular weight excluding hydrogens is 248 g/mol. The Morgan fingerprint density at radius 1 is 1.63 bits per heavy atom. The minimum Gasteiger partial charge on any atom is -0.495 e. The summed E-state index contributed by atoms with van der Waals surface area (Å²) >= 11 is 0. The minimum atomic E-state index is -0.301. The number of aliphatic hydroxyl groups is 1. The van der Waals surface area contributed by atoms with Crippen LogP contribution >= 0.6 is 0 Å². The van der Waals surface area contributed by atoms with Gasteiger partial charge in [0.05, 0.1) is 38.7 Å². The Balaban J connectivity index is 2.20. The van der Waals surface area contributed by atoms with Gasteiger partial charge in [0.25, 0.3) is 5.91 Å². The van der Waals surface area contributed by atoms with Crippen molar-refractivity contribution in [3.63, 3.8) is 0 Å². The van der Waals surface area contributed by atoms with Crippen LogP contribution in [0.4, 0.5) is 5.69 Å². The molecule has 1 aromatic carbocycles. The zero-order valence-corrected chi connectivity index (χ0v) is 10.8. The molecule has 1 unspecified atom stereocenters. The molecule has 1 atom stereocenters. The number of hydrogen-bond donors (Lipinski definition) is 2. The van der Waals surface area contributed by atoms with E-state index in [2.05, 4.69) is 0 Å². The van der Waals surface area contributed by atoms with Crippen LogP contribution in [0, 0.1) is 0 Å². The Labute approximate surface area is 111 Å². The lowest BCUT2D eigenvalue weighted by atomic mass is 10.1. The topological polar surface area (TPSA) is 85.0 Å². The number of hydrogen-bond acceptors (Lipinski definition) is 5. The average Bonchev–Trinajstić information content (AvgIpc) is 2.46. The van der Waals surface area contributed by atoms with Gasteiger partial charge in [-0.2, -0.15) is 0 Å². The maximum absolute atomic E-state index is 12.4. The number of nitrogen functional groups attached to an aromatic ring is 1. The van der Waals surface area contributed by atoms with Crippen LogP contribution in [0.25, 0.3) is 0 Å². The molecule has 6 heteroatoms. The predicted molar refractivity (Wildman–Crippen MR) is 70.1 cm³/mol. The van der Waals surface area contributed by atoms with Gasteiger partial charge in [-0.1, -0.05) is 0 Å². The summed E-state index contributed by atoms with van der Waals surface area (Å²) in [5, 5.41) is 9.28. The van der Waals surface area contributed by atoms with Gasteiger partial charge >= 0.3 is 0 Å². The zero-order chi connectivity index (χ0) is 13.8. The molecule has 0 aromatic heterocycles. The number of carbonyl (C=O) groups is 1. The summed E-state index contributed by atoms with van der Waals surface area (Å²) in [7, 11) is 1.52. The summed E-state index contributed by atoms with van der Waals surface area (Å²) in [4.78, 5) is 14.0. The Morgan fingerprint density at radius 3 is 3.05 bits per heavy atom. The molecule has 1 aromatic rings. The van der Waals surface area contributed by atoms with Gasteiger partial charge in [0, 0.05) is 12.1 Å². The third-order valence-corrected chi connectivity index (χ3v) is 3.18. The van der Waals surface area contributed by atoms with Crippen molar-refractivity contribution in [3.05, 3.63) is 23.8 Å². The number of methoxy groups -OCH3 is 1. The first-order chi connectivity index (χ1) is 9.17. The maximum atomic E-state index is 12.4. The molecule has 2 rings (SSSR count). The highest BCUT2D eigenvalue weighted by Crippen LogP contribution is 2.23. The fraction of sp³-hybridized carbons (Fsp3) is 0.462. The minimum absolute atomic E-state index is 0.114. The van der Waals surface area contributed by atoms with Crippen molar-refractivity contribution < 1.29 is 19.4 Å². The first-order valence-corrected chi connectivity index (χ1v) is 6.10. The second-order valence-electron chi connectivity index (χ2n) is 4.37. The molecule has 1 amide bonds. The van der Waals surface area contributed by atoms with Crippen molar-refractivity contribution in [1.29, 1.82) is 0 Å². The molecule has 0 bridgehead atoms. The van der Waals surface area contributed by atoms with Crippen molar-refractivity contribution >= 4 is 11.6 Å². The molecule has 6 nitrogen and oxygen atoms in total. The van der Waals surface area contributed by atoms with Crippen LogP contribution in [0.1, 0.15) is 10.4 Å². The number of benzene rings is 1. The Bertz CT molecular complexity index is 464. The predicted octanol–water partition coefficient (Wildman–Crippen LogP) is 0.111. The third-order valence-electron chi connectivity index (χ3n) is 3.18. The summed E-state index contributed by atoms with van der Waals surface area (Å²) in [5.41, 5.74) is 6.70. The molecule has 1 aliphatic heterocycles. The quantitative estimate of drug-likeness (QED) is 0.759. The molecule has 3 N–H and O–H groups in total. The summed E-state index contributed by atoms with van der Waals surface area (Å²) in [6.45, 7) is 1.19. The van der Waals surface area contributed by atoms with Gasteiger partial charge in [0.2, 0.25) is 0 Å². The van der Waals surface area contributed by atoms with Crippen LogP contribution in [-0.4, -0.2) is 55.4 Å². The number of morpholine rings is 1. The Kier molecular flexibility index (Phi) is 4.24. The van der Waals surface area contributed by atoms with Crippen molar-refractivity contribution in [2.45, 2.75) is 6.04 Å². The average molecular weight is 266 g/mol. The van der Waals surface area contributed by atoms with Gasteiger partial charge < -0.3 is 25.2 Å². The summed E-state index contributed by atoms with van der Waals surface area (Å²) in [6.07, 6.45) is 0. The molecule has 19 heavy (non-hydrogen) atoms. The van der Waals surface area contributed by atoms with E-state index >= 15 is 0 Å². The molecule has 0 saturated carbocycles. The Hall–Kier alpha value is -1.79. The molecule has 1 heterocycles. The number of aliphatic hydroxyl groups excluding tert-OH is 1. The van der Waals surface area contributed by atoms with Crippen LogP contribution in [0.15, 0.2) is 18.2 Å². The molecule has 1 aliphatic rings. The van der Waals surface area contributed by atoms with E-state index in [1.165, 1.54) is 7.11 Å². The standard InChI is InChI=1S/C13H18N2O4/c1-18-12-3-2-9(6-11(12)14)13(17)15-4-5-19-8-10(15)7-16/h2-3,6,10,16H,4-5,7-8,14H2,1H3. The summed E-state index contributed by atoms with van der Waals surface area (Å²) < 4.78 is 10.3. The Morgan fingerprint density at radius 2 is 2.42 bits per heavy atom. The lowest BCUT2D eigenvalue weighted by molar-refractivity contribution is -0.0183. The lowest BCUT2D eigenvalue weighted by Crippen LogP contribution is -2.50. The number of ether oxygens (including phenoxy) is 2. The van der Waals surface area contributed by atoms with E-state index in [4.69, 9.17) is 15.2 Å². The smallest absolute Gasteiger partial charge is 0.254 e. The zero-order valence-electron chi connectivity index (χ0n) is 10.8. The van der Waals surface area contributed by atoms with E-state index in [0.717, 1.165) is 0 Å². The van der Waals surface area contributed by atoms with E-state index in [1.807, 2.05) is 0 Å². The summed E-state index contributed by atoms with van der Waals surface area (Å²) in [5.74, 6) is 0.383. The number of amides is 1. The molecule has 104 valence electrons. The number of nitrogens with two attached hydrogens (primary N) is 1. The van der Waals surface area contributed by atoms with E-state index in [-0.39, 0.29) is 18.6 Å². The number of carbonyl (C=O) groups excluding carboxylic acids is 1. The van der Waals surface area contributed by atoms with Crippen LogP contribution in [0.3, 0.4) is 0 Å². The highest BCUT2D eigenvalue weighted by molar-refractivity contribution is 5.95. The molecule has 1 fully saturated rings. The molecular formula is C13H18N2O4. The van der Waals surface area contributed by atoms with Crippen LogP contribution in [0.5, 0.6) is 5.75 Å². The molecule has 0 spiro atoms. The van der Waals surface area contributed by atoms with Crippen molar-refractivity contribution in [2.75, 3.05) is 39.2 Å². The van der Waals surface area contributed by atoms with E-state index in [9.17, 15) is 9.90 Å². The number of nitrogens with zero attached hydrogens (tertiary/aromatic N) is 1. The SMILES string of the molecule is COc1ccc(C(=O)N2CCOCC2CO)cc1N. The lowest BCUT2D eigenvalue weighted by Gasteiger charge is -2.34. The number of rotatable bonds is 3. The highest BCUT2D eigenvalue weighted by Gasteiger charge is 2.27. The van der Waals surface area contributed by atoms with Crippen molar-refractivity contribution in [1.82, 2.24) is 4.90 Å². The maximum Gasteiger partial charge on any atom is 0.254 e. The van der Waals surface area contributed by atoms with Gasteiger partial charge in [-0.25, -0.2) is 0 Å². The van der Waals surface area contributed by atoms with Crippen molar-refractivity contribution in [3.8, 4) is 5.75 Å². The number of anilines is 1. The van der Waals surface area contributed by atoms with Gasteiger partial charge in [0.1, 0.15) is 5.75 Å². The monoisotopic (exact) mass is 266 g/mol. The van der Waals surface area contributed by atoms with Gasteiger partial charge in [-0.05, 0) is 18.2 Å². The van der Waals surface area contributed by atoms with Gasteiger partial charge in [-0.3, -0.25) is 4.79 Å². The fourth-order valence-electron chi connectivity index (χ4n) is 2.11. The van der Waals surface area contributed by atoms with Crippen LogP contribution < -0.4 is 10.5 Å². The molecule has 0 aliphatic carbocycles. The van der Waals surface area contributed by atoms with Crippen LogP contribution in [0.2, 0.25) is 0 Å².